The number of rotatable bonds is 6. The first-order chi connectivity index (χ1) is 8.96. The molecule has 1 N–H and O–H groups in total. The Hall–Kier alpha value is -0.870. The van der Waals surface area contributed by atoms with E-state index in [0.29, 0.717) is 12.3 Å². The molecular weight excluding hydrogens is 306 g/mol. The van der Waals surface area contributed by atoms with Gasteiger partial charge in [-0.05, 0) is 36.6 Å². The zero-order valence-electron chi connectivity index (χ0n) is 12.0. The summed E-state index contributed by atoms with van der Waals surface area (Å²) in [7, 11) is 1.43. The molecule has 1 atom stereocenters. The molecule has 0 heterocycles. The average Bonchev–Trinajstić information content (AvgIpc) is 2.39. The fraction of sp³-hybridized carbons (Fsp3) is 0.533. The number of esters is 1. The molecule has 3 nitrogen and oxygen atoms in total. The van der Waals surface area contributed by atoms with Gasteiger partial charge in [0.1, 0.15) is 5.54 Å². The summed E-state index contributed by atoms with van der Waals surface area (Å²) in [6, 6.07) is 7.81. The van der Waals surface area contributed by atoms with E-state index in [2.05, 4.69) is 35.1 Å². The summed E-state index contributed by atoms with van der Waals surface area (Å²) < 4.78 is 5.97. The molecule has 1 unspecified atom stereocenters. The number of benzene rings is 1. The van der Waals surface area contributed by atoms with Gasteiger partial charge in [0.15, 0.2) is 0 Å². The van der Waals surface area contributed by atoms with Crippen molar-refractivity contribution in [3.8, 4) is 0 Å². The van der Waals surface area contributed by atoms with E-state index >= 15 is 0 Å². The van der Waals surface area contributed by atoms with Crippen LogP contribution in [-0.4, -0.2) is 19.6 Å². The van der Waals surface area contributed by atoms with Crippen molar-refractivity contribution in [3.63, 3.8) is 0 Å². The number of hydrogen-bond acceptors (Lipinski definition) is 3. The Morgan fingerprint density at radius 2 is 2.16 bits per heavy atom. The number of carbonyl (C=O) groups is 1. The predicted molar refractivity (Wildman–Crippen MR) is 81.0 cm³/mol. The van der Waals surface area contributed by atoms with Crippen LogP contribution in [0.3, 0.4) is 0 Å². The molecule has 106 valence electrons. The SMILES string of the molecule is CCC(NCC(C)C)(C(=O)OC)c1cccc(Br)c1. The molecule has 0 aliphatic heterocycles. The molecule has 0 fully saturated rings. The van der Waals surface area contributed by atoms with Crippen LogP contribution in [0.2, 0.25) is 0 Å². The predicted octanol–water partition coefficient (Wildman–Crippen LogP) is 3.47. The molecule has 0 saturated carbocycles. The lowest BCUT2D eigenvalue weighted by Gasteiger charge is -2.32. The van der Waals surface area contributed by atoms with Crippen molar-refractivity contribution in [1.29, 1.82) is 0 Å². The van der Waals surface area contributed by atoms with E-state index in [9.17, 15) is 4.79 Å². The molecule has 0 radical (unpaired) electrons. The third-order valence-corrected chi connectivity index (χ3v) is 3.69. The van der Waals surface area contributed by atoms with Crippen LogP contribution in [0, 0.1) is 5.92 Å². The Morgan fingerprint density at radius 1 is 1.47 bits per heavy atom. The van der Waals surface area contributed by atoms with E-state index in [0.717, 1.165) is 16.6 Å². The third-order valence-electron chi connectivity index (χ3n) is 3.19. The Morgan fingerprint density at radius 3 is 2.63 bits per heavy atom. The number of methoxy groups -OCH3 is 1. The van der Waals surface area contributed by atoms with Crippen molar-refractivity contribution in [3.05, 3.63) is 34.3 Å². The minimum absolute atomic E-state index is 0.242. The third kappa shape index (κ3) is 3.80. The van der Waals surface area contributed by atoms with Crippen molar-refractivity contribution < 1.29 is 9.53 Å². The molecule has 1 aromatic rings. The van der Waals surface area contributed by atoms with Crippen LogP contribution in [-0.2, 0) is 15.1 Å². The van der Waals surface area contributed by atoms with Gasteiger partial charge in [-0.3, -0.25) is 5.32 Å². The Kier molecular flexibility index (Phi) is 6.01. The first-order valence-electron chi connectivity index (χ1n) is 6.55. The van der Waals surface area contributed by atoms with E-state index in [1.165, 1.54) is 7.11 Å². The highest BCUT2D eigenvalue weighted by molar-refractivity contribution is 9.10. The van der Waals surface area contributed by atoms with Crippen molar-refractivity contribution in [1.82, 2.24) is 5.32 Å². The van der Waals surface area contributed by atoms with Gasteiger partial charge >= 0.3 is 5.97 Å². The normalized spacial score (nSPS) is 14.2. The van der Waals surface area contributed by atoms with Crippen molar-refractivity contribution >= 4 is 21.9 Å². The van der Waals surface area contributed by atoms with E-state index < -0.39 is 5.54 Å². The van der Waals surface area contributed by atoms with Gasteiger partial charge in [-0.25, -0.2) is 4.79 Å². The minimum atomic E-state index is -0.775. The summed E-state index contributed by atoms with van der Waals surface area (Å²) in [4.78, 5) is 12.3. The van der Waals surface area contributed by atoms with E-state index in [-0.39, 0.29) is 5.97 Å². The molecule has 19 heavy (non-hydrogen) atoms. The summed E-state index contributed by atoms with van der Waals surface area (Å²) in [5.41, 5.74) is 0.153. The van der Waals surface area contributed by atoms with Gasteiger partial charge in [0.25, 0.3) is 0 Å². The maximum absolute atomic E-state index is 12.3. The quantitative estimate of drug-likeness (QED) is 0.813. The summed E-state index contributed by atoms with van der Waals surface area (Å²) in [5.74, 6) is 0.219. The van der Waals surface area contributed by atoms with Crippen LogP contribution < -0.4 is 5.32 Å². The fourth-order valence-electron chi connectivity index (χ4n) is 2.07. The monoisotopic (exact) mass is 327 g/mol. The maximum atomic E-state index is 12.3. The Balaban J connectivity index is 3.19. The van der Waals surface area contributed by atoms with Crippen molar-refractivity contribution in [2.45, 2.75) is 32.7 Å². The molecule has 0 amide bonds. The van der Waals surface area contributed by atoms with Gasteiger partial charge in [0.2, 0.25) is 0 Å². The first kappa shape index (κ1) is 16.2. The molecule has 0 saturated heterocycles. The van der Waals surface area contributed by atoms with Crippen molar-refractivity contribution in [2.24, 2.45) is 5.92 Å². The number of carbonyl (C=O) groups excluding carboxylic acids is 1. The summed E-state index contributed by atoms with van der Waals surface area (Å²) in [6.45, 7) is 6.98. The highest BCUT2D eigenvalue weighted by Crippen LogP contribution is 2.29. The van der Waals surface area contributed by atoms with E-state index in [4.69, 9.17) is 4.74 Å². The summed E-state index contributed by atoms with van der Waals surface area (Å²) >= 11 is 3.45. The van der Waals surface area contributed by atoms with Crippen molar-refractivity contribution in [2.75, 3.05) is 13.7 Å². The number of hydrogen-bond donors (Lipinski definition) is 1. The fourth-order valence-corrected chi connectivity index (χ4v) is 2.47. The van der Waals surface area contributed by atoms with Crippen LogP contribution in [0.5, 0.6) is 0 Å². The zero-order valence-corrected chi connectivity index (χ0v) is 13.6. The van der Waals surface area contributed by atoms with Gasteiger partial charge in [-0.15, -0.1) is 0 Å². The molecule has 0 aliphatic carbocycles. The van der Waals surface area contributed by atoms with Crippen LogP contribution in [0.1, 0.15) is 32.8 Å². The molecule has 1 aromatic carbocycles. The lowest BCUT2D eigenvalue weighted by atomic mass is 9.86. The van der Waals surface area contributed by atoms with Gasteiger partial charge in [0, 0.05) is 4.47 Å². The first-order valence-corrected chi connectivity index (χ1v) is 7.35. The van der Waals surface area contributed by atoms with E-state index in [1.807, 2.05) is 31.2 Å². The van der Waals surface area contributed by atoms with Crippen LogP contribution in [0.25, 0.3) is 0 Å². The number of halogens is 1. The molecular formula is C15H22BrNO2. The second-order valence-electron chi connectivity index (χ2n) is 5.04. The van der Waals surface area contributed by atoms with Crippen LogP contribution >= 0.6 is 15.9 Å². The average molecular weight is 328 g/mol. The number of ether oxygens (including phenoxy) is 1. The molecule has 0 spiro atoms. The van der Waals surface area contributed by atoms with Gasteiger partial charge in [0.05, 0.1) is 7.11 Å². The number of nitrogens with one attached hydrogen (secondary N) is 1. The van der Waals surface area contributed by atoms with Gasteiger partial charge in [-0.2, -0.15) is 0 Å². The smallest absolute Gasteiger partial charge is 0.330 e. The van der Waals surface area contributed by atoms with E-state index in [1.54, 1.807) is 0 Å². The standard InChI is InChI=1S/C15H22BrNO2/c1-5-15(14(18)19-4,17-10-11(2)3)12-7-6-8-13(16)9-12/h6-9,11,17H,5,10H2,1-4H3. The molecule has 0 aliphatic rings. The summed E-state index contributed by atoms with van der Waals surface area (Å²) in [5, 5.41) is 3.38. The topological polar surface area (TPSA) is 38.3 Å². The second-order valence-corrected chi connectivity index (χ2v) is 5.95. The second kappa shape index (κ2) is 7.06. The highest BCUT2D eigenvalue weighted by Gasteiger charge is 2.39. The molecule has 0 aromatic heterocycles. The lowest BCUT2D eigenvalue weighted by molar-refractivity contribution is -0.149. The summed E-state index contributed by atoms with van der Waals surface area (Å²) in [6.07, 6.45) is 0.642. The lowest BCUT2D eigenvalue weighted by Crippen LogP contribution is -2.50. The maximum Gasteiger partial charge on any atom is 0.330 e. The minimum Gasteiger partial charge on any atom is -0.467 e. The van der Waals surface area contributed by atoms with Gasteiger partial charge < -0.3 is 4.74 Å². The Bertz CT molecular complexity index is 434. The molecule has 0 bridgehead atoms. The van der Waals surface area contributed by atoms with Gasteiger partial charge in [-0.1, -0.05) is 48.8 Å². The van der Waals surface area contributed by atoms with Crippen LogP contribution in [0.4, 0.5) is 0 Å². The molecule has 4 heteroatoms. The highest BCUT2D eigenvalue weighted by atomic mass is 79.9. The van der Waals surface area contributed by atoms with Crippen LogP contribution in [0.15, 0.2) is 28.7 Å². The Labute approximate surface area is 123 Å². The molecule has 1 rings (SSSR count). The largest absolute Gasteiger partial charge is 0.467 e. The zero-order chi connectivity index (χ0) is 14.5.